The summed E-state index contributed by atoms with van der Waals surface area (Å²) in [6.45, 7) is 8.80. The van der Waals surface area contributed by atoms with Gasteiger partial charge >= 0.3 is 12.1 Å². The smallest absolute Gasteiger partial charge is 0.324 e. The van der Waals surface area contributed by atoms with Gasteiger partial charge in [0, 0.05) is 148 Å². The summed E-state index contributed by atoms with van der Waals surface area (Å²) in [4.78, 5) is 72.9. The summed E-state index contributed by atoms with van der Waals surface area (Å²) in [5.74, 6) is 1.08. The predicted molar refractivity (Wildman–Crippen MR) is 371 cm³/mol. The van der Waals surface area contributed by atoms with E-state index in [0.717, 1.165) is 180 Å². The van der Waals surface area contributed by atoms with Crippen LogP contribution in [0.5, 0.6) is 0 Å². The van der Waals surface area contributed by atoms with Crippen molar-refractivity contribution >= 4 is 160 Å². The fourth-order valence-corrected chi connectivity index (χ4v) is 15.5. The molecule has 0 radical (unpaired) electrons. The molecule has 7 amide bonds. The van der Waals surface area contributed by atoms with Gasteiger partial charge in [-0.15, -0.1) is 11.3 Å². The third kappa shape index (κ3) is 14.1. The number of likely N-dealkylation sites (N-methyl/N-ethyl adjacent to an activating group) is 1. The Balaban J connectivity index is 0.000000114. The number of piperidine rings is 4. The maximum atomic E-state index is 12.2. The zero-order valence-corrected chi connectivity index (χ0v) is 55.4. The van der Waals surface area contributed by atoms with Gasteiger partial charge < -0.3 is 35.6 Å². The number of H-pyrrole nitrogens is 4. The van der Waals surface area contributed by atoms with E-state index in [1.54, 1.807) is 17.5 Å². The van der Waals surface area contributed by atoms with Gasteiger partial charge in [0.05, 0.1) is 58.1 Å². The maximum Gasteiger partial charge on any atom is 0.324 e. The van der Waals surface area contributed by atoms with Crippen molar-refractivity contribution in [2.24, 2.45) is 11.8 Å². The Labute approximate surface area is 564 Å². The number of nitrogens with zero attached hydrogens (tertiary/aromatic N) is 10. The number of nitrogens with one attached hydrogen (secondary N) is 8. The average Bonchev–Trinajstić information content (AvgIpc) is 1.56. The Morgan fingerprint density at radius 3 is 1.27 bits per heavy atom. The highest BCUT2D eigenvalue weighted by atomic mass is 35.5. The zero-order valence-electron chi connectivity index (χ0n) is 51.6. The van der Waals surface area contributed by atoms with Crippen molar-refractivity contribution in [3.8, 4) is 0 Å². The lowest BCUT2D eigenvalue weighted by molar-refractivity contribution is -0.127. The molecular formula is C66H70Cl4N18O5S. The van der Waals surface area contributed by atoms with Crippen molar-refractivity contribution in [2.45, 2.75) is 82.2 Å². The number of imide groups is 2. The summed E-state index contributed by atoms with van der Waals surface area (Å²) in [5.41, 5.74) is 13.6. The van der Waals surface area contributed by atoms with Crippen LogP contribution in [0.15, 0.2) is 108 Å². The monoisotopic (exact) mass is 1370 g/mol. The number of anilines is 5. The number of aromatic nitrogens is 9. The first kappa shape index (κ1) is 64.0. The quantitative estimate of drug-likeness (QED) is 0.0624. The molecule has 488 valence electrons. The molecule has 5 aromatic carbocycles. The van der Waals surface area contributed by atoms with Crippen molar-refractivity contribution in [2.75, 3.05) is 84.3 Å². The minimum Gasteiger partial charge on any atom is -0.371 e. The third-order valence-corrected chi connectivity index (χ3v) is 20.4. The van der Waals surface area contributed by atoms with Crippen molar-refractivity contribution in [3.63, 3.8) is 0 Å². The molecule has 8 N–H and O–H groups in total. The summed E-state index contributed by atoms with van der Waals surface area (Å²) in [6.07, 6.45) is 15.2. The Morgan fingerprint density at radius 1 is 0.521 bits per heavy atom. The molecule has 16 rings (SSSR count). The third-order valence-electron chi connectivity index (χ3n) is 18.9. The van der Waals surface area contributed by atoms with Crippen LogP contribution in [0.2, 0.25) is 20.1 Å². The average molecular weight is 1370 g/mol. The molecule has 0 bridgehead atoms. The molecule has 28 heteroatoms. The Hall–Kier alpha value is -8.68. The zero-order chi connectivity index (χ0) is 65.1. The minimum atomic E-state index is -0.405. The number of urea groups is 2. The van der Waals surface area contributed by atoms with Gasteiger partial charge in [-0.1, -0.05) is 58.5 Å². The van der Waals surface area contributed by atoms with Crippen LogP contribution in [0, 0.1) is 11.8 Å². The van der Waals surface area contributed by atoms with Gasteiger partial charge in [0.25, 0.3) is 11.8 Å². The molecule has 6 saturated heterocycles. The topological polar surface area (TPSA) is 277 Å². The van der Waals surface area contributed by atoms with E-state index in [1.807, 2.05) is 84.8 Å². The fourth-order valence-electron chi connectivity index (χ4n) is 14.0. The SMILES string of the molecule is CC(=O)Nc1ccc(C2CCN(c3cc(Cl)cc4[nH]ncc34)CC2)cc1.CN1C(=O)NC(C2CCN(c3cc(Cl)cc4[nH]ncc34)CC2)C1=O.Clc1cc(N2CCC(c3cscn3)CC2)c2cn[nH]c2c1.O=C1NC(=O)C(C2CCN(c3cc(Cl)cc4[nH]ncc34)CC2)N1. The Morgan fingerprint density at radius 2 is 0.915 bits per heavy atom. The van der Waals surface area contributed by atoms with Crippen LogP contribution in [0.25, 0.3) is 43.6 Å². The number of carbonyl (C=O) groups excluding carboxylic acids is 5. The van der Waals surface area contributed by atoms with E-state index >= 15 is 0 Å². The van der Waals surface area contributed by atoms with Gasteiger partial charge in [0.2, 0.25) is 5.91 Å². The molecule has 6 aliphatic rings. The summed E-state index contributed by atoms with van der Waals surface area (Å²) in [5, 5.41) is 48.3. The molecule has 0 spiro atoms. The summed E-state index contributed by atoms with van der Waals surface area (Å²) >= 11 is 26.6. The number of benzene rings is 5. The lowest BCUT2D eigenvalue weighted by atomic mass is 9.89. The highest BCUT2D eigenvalue weighted by Gasteiger charge is 2.42. The van der Waals surface area contributed by atoms with Crippen molar-refractivity contribution in [1.29, 1.82) is 0 Å². The molecule has 11 heterocycles. The van der Waals surface area contributed by atoms with E-state index in [1.165, 1.54) is 35.8 Å². The minimum absolute atomic E-state index is 0.0434. The molecule has 6 fully saturated rings. The van der Waals surface area contributed by atoms with E-state index in [9.17, 15) is 24.0 Å². The molecular weight excluding hydrogens is 1300 g/mol. The van der Waals surface area contributed by atoms with Crippen LogP contribution in [0.3, 0.4) is 0 Å². The van der Waals surface area contributed by atoms with Crippen molar-refractivity contribution in [1.82, 2.24) is 66.6 Å². The summed E-state index contributed by atoms with van der Waals surface area (Å²) < 4.78 is 0. The van der Waals surface area contributed by atoms with E-state index in [-0.39, 0.29) is 35.6 Å². The van der Waals surface area contributed by atoms with Crippen LogP contribution in [0.4, 0.5) is 38.0 Å². The number of hydrogen-bond donors (Lipinski definition) is 8. The second kappa shape index (κ2) is 28.1. The second-order valence-corrected chi connectivity index (χ2v) is 27.1. The molecule has 0 saturated carbocycles. The van der Waals surface area contributed by atoms with Gasteiger partial charge in [-0.3, -0.25) is 45.0 Å². The second-order valence-electron chi connectivity index (χ2n) is 24.7. The number of amides is 7. The number of rotatable bonds is 9. The largest absolute Gasteiger partial charge is 0.371 e. The Kier molecular flexibility index (Phi) is 19.1. The van der Waals surface area contributed by atoms with E-state index in [2.05, 4.69) is 104 Å². The van der Waals surface area contributed by atoms with Gasteiger partial charge in [0.15, 0.2) is 0 Å². The number of thiazole rings is 1. The first-order valence-corrected chi connectivity index (χ1v) is 34.0. The summed E-state index contributed by atoms with van der Waals surface area (Å²) in [7, 11) is 1.52. The first-order valence-electron chi connectivity index (χ1n) is 31.5. The highest BCUT2D eigenvalue weighted by Crippen LogP contribution is 2.40. The number of aromatic amines is 4. The Bertz CT molecular complexity index is 4370. The van der Waals surface area contributed by atoms with Gasteiger partial charge in [-0.25, -0.2) is 14.6 Å². The highest BCUT2D eigenvalue weighted by molar-refractivity contribution is 7.07. The van der Waals surface area contributed by atoms with Gasteiger partial charge in [0.1, 0.15) is 12.1 Å². The molecule has 23 nitrogen and oxygen atoms in total. The van der Waals surface area contributed by atoms with Crippen LogP contribution < -0.4 is 40.9 Å². The van der Waals surface area contributed by atoms with Gasteiger partial charge in [-0.05, 0) is 135 Å². The fraction of sp³-hybridized carbons (Fsp3) is 0.364. The van der Waals surface area contributed by atoms with E-state index in [4.69, 9.17) is 46.4 Å². The van der Waals surface area contributed by atoms with Gasteiger partial charge in [-0.2, -0.15) is 20.4 Å². The predicted octanol–water partition coefficient (Wildman–Crippen LogP) is 12.2. The summed E-state index contributed by atoms with van der Waals surface area (Å²) in [6, 6.07) is 22.3. The normalized spacial score (nSPS) is 19.2. The van der Waals surface area contributed by atoms with Crippen LogP contribution >= 0.6 is 57.7 Å². The van der Waals surface area contributed by atoms with E-state index in [0.29, 0.717) is 21.9 Å². The molecule has 2 unspecified atom stereocenters. The molecule has 10 aromatic rings. The molecule has 2 atom stereocenters. The number of hydrogen-bond acceptors (Lipinski definition) is 15. The molecule has 6 aliphatic heterocycles. The number of carbonyl (C=O) groups is 5. The molecule has 0 aliphatic carbocycles. The first-order chi connectivity index (χ1) is 45.6. The number of halogens is 4. The lowest BCUT2D eigenvalue weighted by Gasteiger charge is -2.35. The number of fused-ring (bicyclic) bond motifs is 4. The lowest BCUT2D eigenvalue weighted by Crippen LogP contribution is -2.44. The standard InChI is InChI=1S/C20H21ClN4O.C16H18ClN5O2.C15H16ClN5O2.C15H15ClN4S/c1-13(26)23-17-4-2-14(3-5-17)15-6-8-25(9-7-15)20-11-16(21)10-19-18(20)12-22-24-19;1-21-15(23)14(19-16(21)24)9-2-4-22(5-3-9)13-7-10(17)6-12-11(13)8-18-20-12;16-9-5-11-10(7-17-20-11)12(6-9)21-3-1-8(2-4-21)13-14(22)19-15(23)18-13;16-11-5-13-12(7-18-19-13)15(6-11)20-3-1-10(2-4-20)14-8-21-9-17-14/h2-5,10-12,15H,6-9H2,1H3,(H,22,24)(H,23,26);6-9,14H,2-5H2,1H3,(H,18,20)(H,19,24);5-8,13H,1-4H2,(H,17,20)(H2,18,19,22,23);5-10H,1-4H2,(H,18,19). The van der Waals surface area contributed by atoms with Crippen LogP contribution in [-0.2, 0) is 14.4 Å². The van der Waals surface area contributed by atoms with Crippen molar-refractivity contribution in [3.05, 3.63) is 140 Å². The van der Waals surface area contributed by atoms with Crippen LogP contribution in [-0.4, -0.2) is 152 Å². The van der Waals surface area contributed by atoms with E-state index < -0.39 is 18.1 Å². The van der Waals surface area contributed by atoms with Crippen LogP contribution in [0.1, 0.15) is 81.4 Å². The molecule has 94 heavy (non-hydrogen) atoms. The molecule has 5 aromatic heterocycles. The van der Waals surface area contributed by atoms with Crippen molar-refractivity contribution < 1.29 is 24.0 Å². The maximum absolute atomic E-state index is 12.2.